The van der Waals surface area contributed by atoms with E-state index in [9.17, 15) is 15.0 Å². The summed E-state index contributed by atoms with van der Waals surface area (Å²) >= 11 is 6.33. The van der Waals surface area contributed by atoms with Gasteiger partial charge in [0, 0.05) is 11.0 Å². The fourth-order valence-electron chi connectivity index (χ4n) is 3.81. The molecule has 0 unspecified atom stereocenters. The summed E-state index contributed by atoms with van der Waals surface area (Å²) in [5.41, 5.74) is 4.78. The predicted octanol–water partition coefficient (Wildman–Crippen LogP) is 5.08. The first kappa shape index (κ1) is 20.6. The lowest BCUT2D eigenvalue weighted by atomic mass is 9.85. The van der Waals surface area contributed by atoms with E-state index in [-0.39, 0.29) is 33.2 Å². The van der Waals surface area contributed by atoms with Crippen LogP contribution in [-0.2, 0) is 10.2 Å². The molecule has 152 valence electrons. The van der Waals surface area contributed by atoms with Crippen LogP contribution < -0.4 is 5.43 Å². The molecule has 30 heavy (non-hydrogen) atoms. The second-order valence-electron chi connectivity index (χ2n) is 7.15. The van der Waals surface area contributed by atoms with Crippen molar-refractivity contribution in [1.29, 1.82) is 0 Å². The van der Waals surface area contributed by atoms with E-state index in [2.05, 4.69) is 42.4 Å². The lowest BCUT2D eigenvalue weighted by molar-refractivity contribution is -0.122. The van der Waals surface area contributed by atoms with Gasteiger partial charge < -0.3 is 10.2 Å². The molecule has 1 fully saturated rings. The smallest absolute Gasteiger partial charge is 0.244 e. The van der Waals surface area contributed by atoms with Gasteiger partial charge in [-0.2, -0.15) is 5.10 Å². The number of carbonyl (C=O) groups is 1. The second-order valence-corrected chi connectivity index (χ2v) is 8.80. The van der Waals surface area contributed by atoms with Crippen LogP contribution in [0, 0.1) is 5.92 Å². The molecular formula is C23H18Br2N2O3. The standard InChI is InChI=1S/C23H18Br2N2O3/c24-18-11-14(20(28)19(25)21(18)29)13-26-27-22(30)17-12-23(17,15-7-3-1-4-8-15)16-9-5-2-6-10-16/h1-11,13,17,28-29H,12H2,(H,27,30)/b26-13+/t17-/m1/s1. The quantitative estimate of drug-likeness (QED) is 0.318. The van der Waals surface area contributed by atoms with Crippen LogP contribution in [0.15, 0.2) is 80.8 Å². The molecule has 1 atom stereocenters. The van der Waals surface area contributed by atoms with Crippen LogP contribution in [0.3, 0.4) is 0 Å². The molecule has 1 amide bonds. The Morgan fingerprint density at radius 3 is 2.13 bits per heavy atom. The molecular weight excluding hydrogens is 512 g/mol. The molecule has 4 rings (SSSR count). The largest absolute Gasteiger partial charge is 0.506 e. The maximum Gasteiger partial charge on any atom is 0.244 e. The highest BCUT2D eigenvalue weighted by Crippen LogP contribution is 2.58. The first-order valence-electron chi connectivity index (χ1n) is 9.29. The van der Waals surface area contributed by atoms with Gasteiger partial charge in [-0.3, -0.25) is 4.79 Å². The van der Waals surface area contributed by atoms with E-state index >= 15 is 0 Å². The Labute approximate surface area is 190 Å². The summed E-state index contributed by atoms with van der Waals surface area (Å²) in [6.45, 7) is 0. The van der Waals surface area contributed by atoms with Crippen LogP contribution >= 0.6 is 31.9 Å². The van der Waals surface area contributed by atoms with Crippen LogP contribution in [0.5, 0.6) is 11.5 Å². The highest BCUT2D eigenvalue weighted by molar-refractivity contribution is 9.11. The molecule has 0 saturated heterocycles. The van der Waals surface area contributed by atoms with E-state index in [0.717, 1.165) is 11.1 Å². The molecule has 0 aliphatic heterocycles. The number of rotatable bonds is 5. The molecule has 5 nitrogen and oxygen atoms in total. The predicted molar refractivity (Wildman–Crippen MR) is 123 cm³/mol. The number of phenolic OH excluding ortho intramolecular Hbond substituents is 2. The number of hydrogen-bond acceptors (Lipinski definition) is 4. The molecule has 3 aromatic carbocycles. The summed E-state index contributed by atoms with van der Waals surface area (Å²) in [5.74, 6) is -0.702. The average Bonchev–Trinajstić information content (AvgIpc) is 3.54. The fraction of sp³-hybridized carbons (Fsp3) is 0.130. The fourth-order valence-corrected chi connectivity index (χ4v) is 4.97. The molecule has 0 aromatic heterocycles. The van der Waals surface area contributed by atoms with E-state index in [1.54, 1.807) is 0 Å². The van der Waals surface area contributed by atoms with Gasteiger partial charge >= 0.3 is 0 Å². The van der Waals surface area contributed by atoms with Crippen LogP contribution in [-0.4, -0.2) is 22.3 Å². The number of benzene rings is 3. The molecule has 7 heteroatoms. The molecule has 1 aliphatic rings. The third-order valence-corrected chi connectivity index (χ3v) is 6.79. The maximum atomic E-state index is 12.9. The van der Waals surface area contributed by atoms with Crippen molar-refractivity contribution in [2.75, 3.05) is 0 Å². The maximum absolute atomic E-state index is 12.9. The summed E-state index contributed by atoms with van der Waals surface area (Å²) in [7, 11) is 0. The molecule has 0 heterocycles. The normalized spacial score (nSPS) is 17.1. The zero-order chi connectivity index (χ0) is 21.3. The Morgan fingerprint density at radius 1 is 1.00 bits per heavy atom. The van der Waals surface area contributed by atoms with Crippen LogP contribution in [0.2, 0.25) is 0 Å². The number of aromatic hydroxyl groups is 2. The van der Waals surface area contributed by atoms with Crippen molar-refractivity contribution < 1.29 is 15.0 Å². The molecule has 0 radical (unpaired) electrons. The van der Waals surface area contributed by atoms with E-state index in [0.29, 0.717) is 16.5 Å². The van der Waals surface area contributed by atoms with Gasteiger partial charge in [0.1, 0.15) is 16.0 Å². The Kier molecular flexibility index (Phi) is 5.66. The van der Waals surface area contributed by atoms with Crippen molar-refractivity contribution in [1.82, 2.24) is 5.43 Å². The minimum Gasteiger partial charge on any atom is -0.506 e. The Morgan fingerprint density at radius 2 is 1.57 bits per heavy atom. The number of nitrogens with zero attached hydrogens (tertiary/aromatic N) is 1. The number of hydrogen-bond donors (Lipinski definition) is 3. The Bertz CT molecular complexity index is 1080. The van der Waals surface area contributed by atoms with Gasteiger partial charge in [-0.15, -0.1) is 0 Å². The third-order valence-electron chi connectivity index (χ3n) is 5.43. The monoisotopic (exact) mass is 528 g/mol. The number of carbonyl (C=O) groups excluding carboxylic acids is 1. The number of nitrogens with one attached hydrogen (secondary N) is 1. The van der Waals surface area contributed by atoms with Crippen LogP contribution in [0.25, 0.3) is 0 Å². The lowest BCUT2D eigenvalue weighted by Gasteiger charge is -2.18. The number of halogens is 2. The molecule has 1 saturated carbocycles. The molecule has 1 aliphatic carbocycles. The van der Waals surface area contributed by atoms with E-state index in [1.807, 2.05) is 60.7 Å². The average molecular weight is 530 g/mol. The number of amides is 1. The van der Waals surface area contributed by atoms with Gasteiger partial charge in [0.2, 0.25) is 5.91 Å². The van der Waals surface area contributed by atoms with Gasteiger partial charge in [0.15, 0.2) is 0 Å². The van der Waals surface area contributed by atoms with Crippen molar-refractivity contribution in [2.45, 2.75) is 11.8 Å². The summed E-state index contributed by atoms with van der Waals surface area (Å²) in [4.78, 5) is 12.9. The van der Waals surface area contributed by atoms with Gasteiger partial charge in [0.05, 0.1) is 16.6 Å². The minimum atomic E-state index is -0.366. The summed E-state index contributed by atoms with van der Waals surface area (Å²) < 4.78 is 0.549. The second kappa shape index (κ2) is 8.24. The van der Waals surface area contributed by atoms with Crippen molar-refractivity contribution >= 4 is 44.0 Å². The van der Waals surface area contributed by atoms with Gasteiger partial charge in [0.25, 0.3) is 0 Å². The van der Waals surface area contributed by atoms with E-state index in [4.69, 9.17) is 0 Å². The first-order chi connectivity index (χ1) is 14.4. The van der Waals surface area contributed by atoms with Crippen LogP contribution in [0.4, 0.5) is 0 Å². The summed E-state index contributed by atoms with van der Waals surface area (Å²) in [6, 6.07) is 21.6. The molecule has 3 aromatic rings. The highest BCUT2D eigenvalue weighted by Gasteiger charge is 2.60. The Balaban J connectivity index is 1.55. The zero-order valence-corrected chi connectivity index (χ0v) is 18.9. The summed E-state index contributed by atoms with van der Waals surface area (Å²) in [6.07, 6.45) is 2.04. The van der Waals surface area contributed by atoms with Gasteiger partial charge in [-0.05, 0) is 55.5 Å². The molecule has 0 bridgehead atoms. The van der Waals surface area contributed by atoms with E-state index < -0.39 is 0 Å². The van der Waals surface area contributed by atoms with E-state index in [1.165, 1.54) is 12.3 Å². The third kappa shape index (κ3) is 3.63. The molecule has 3 N–H and O–H groups in total. The minimum absolute atomic E-state index is 0.109. The van der Waals surface area contributed by atoms with Gasteiger partial charge in [-0.1, -0.05) is 60.7 Å². The number of hydrazone groups is 1. The van der Waals surface area contributed by atoms with Crippen molar-refractivity contribution in [3.05, 3.63) is 92.4 Å². The first-order valence-corrected chi connectivity index (χ1v) is 10.9. The Hall–Kier alpha value is -2.64. The van der Waals surface area contributed by atoms with Crippen molar-refractivity contribution in [3.8, 4) is 11.5 Å². The van der Waals surface area contributed by atoms with Crippen molar-refractivity contribution in [3.63, 3.8) is 0 Å². The summed E-state index contributed by atoms with van der Waals surface area (Å²) in [5, 5.41) is 24.0. The lowest BCUT2D eigenvalue weighted by Crippen LogP contribution is -2.25. The highest BCUT2D eigenvalue weighted by atomic mass is 79.9. The van der Waals surface area contributed by atoms with Crippen molar-refractivity contribution in [2.24, 2.45) is 11.0 Å². The van der Waals surface area contributed by atoms with Crippen LogP contribution in [0.1, 0.15) is 23.1 Å². The number of phenols is 2. The zero-order valence-electron chi connectivity index (χ0n) is 15.7. The van der Waals surface area contributed by atoms with Gasteiger partial charge in [-0.25, -0.2) is 5.43 Å². The topological polar surface area (TPSA) is 81.9 Å². The molecule has 0 spiro atoms. The SMILES string of the molecule is O=C(N/N=C/c1cc(Br)c(O)c(Br)c1O)[C@H]1CC1(c1ccccc1)c1ccccc1.